The van der Waals surface area contributed by atoms with E-state index in [1.165, 1.54) is 0 Å². The maximum absolute atomic E-state index is 12.3. The summed E-state index contributed by atoms with van der Waals surface area (Å²) >= 11 is 0. The summed E-state index contributed by atoms with van der Waals surface area (Å²) in [5.41, 5.74) is 2.45. The molecule has 1 amide bonds. The highest BCUT2D eigenvalue weighted by molar-refractivity contribution is 5.92. The number of carbonyl (C=O) groups excluding carboxylic acids is 1. The molecule has 0 aromatic carbocycles. The van der Waals surface area contributed by atoms with Crippen LogP contribution in [0.5, 0.6) is 0 Å². The molecule has 0 radical (unpaired) electrons. The highest BCUT2D eigenvalue weighted by Crippen LogP contribution is 2.32. The van der Waals surface area contributed by atoms with Crippen LogP contribution in [0.25, 0.3) is 0 Å². The molecule has 2 aromatic rings. The smallest absolute Gasteiger partial charge is 0.269 e. The maximum atomic E-state index is 12.3. The predicted molar refractivity (Wildman–Crippen MR) is 80.3 cm³/mol. The Morgan fingerprint density at radius 2 is 2.45 bits per heavy atom. The van der Waals surface area contributed by atoms with Crippen LogP contribution in [-0.2, 0) is 11.8 Å². The summed E-state index contributed by atoms with van der Waals surface area (Å²) in [7, 11) is 1.78. The Bertz CT molecular complexity index is 634. The van der Waals surface area contributed by atoms with E-state index in [0.29, 0.717) is 12.2 Å². The number of aromatic nitrogens is 4. The summed E-state index contributed by atoms with van der Waals surface area (Å²) in [6.07, 6.45) is 5.67. The topological polar surface area (TPSA) is 84.8 Å². The number of hydrogen-bond donors (Lipinski definition) is 2. The summed E-state index contributed by atoms with van der Waals surface area (Å²) in [5, 5.41) is 14.0. The van der Waals surface area contributed by atoms with Crippen molar-refractivity contribution in [3.05, 3.63) is 35.4 Å². The van der Waals surface area contributed by atoms with E-state index in [9.17, 15) is 4.79 Å². The molecule has 0 aliphatic carbocycles. The number of aryl methyl sites for hydroxylation is 2. The summed E-state index contributed by atoms with van der Waals surface area (Å²) < 4.78 is 7.48. The number of nitrogens with one attached hydrogen (secondary N) is 2. The largest absolute Gasteiger partial charge is 0.373 e. The highest BCUT2D eigenvalue weighted by Gasteiger charge is 2.28. The van der Waals surface area contributed by atoms with Crippen LogP contribution in [0.2, 0.25) is 0 Å². The van der Waals surface area contributed by atoms with Crippen molar-refractivity contribution in [2.75, 3.05) is 13.2 Å². The molecule has 1 saturated heterocycles. The van der Waals surface area contributed by atoms with Crippen molar-refractivity contribution in [2.45, 2.75) is 25.9 Å². The van der Waals surface area contributed by atoms with Crippen LogP contribution in [0, 0.1) is 12.8 Å². The SMILES string of the molecule is Cc1cc(C(=O)NC[C@@H]2CCCO[C@H]2c2cn[nH]c2)n(C)n1. The maximum Gasteiger partial charge on any atom is 0.269 e. The van der Waals surface area contributed by atoms with Crippen molar-refractivity contribution in [1.29, 1.82) is 0 Å². The zero-order valence-corrected chi connectivity index (χ0v) is 12.9. The molecule has 1 fully saturated rings. The Morgan fingerprint density at radius 1 is 1.59 bits per heavy atom. The first-order chi connectivity index (χ1) is 10.6. The summed E-state index contributed by atoms with van der Waals surface area (Å²) in [5.74, 6) is 0.157. The van der Waals surface area contributed by atoms with Crippen LogP contribution in [0.1, 0.15) is 40.7 Å². The molecule has 0 spiro atoms. The molecule has 22 heavy (non-hydrogen) atoms. The first-order valence-electron chi connectivity index (χ1n) is 7.54. The molecule has 7 nitrogen and oxygen atoms in total. The van der Waals surface area contributed by atoms with E-state index in [4.69, 9.17) is 4.74 Å². The third kappa shape index (κ3) is 3.04. The molecule has 0 bridgehead atoms. The van der Waals surface area contributed by atoms with Gasteiger partial charge in [0.05, 0.1) is 18.0 Å². The van der Waals surface area contributed by atoms with Crippen LogP contribution in [-0.4, -0.2) is 39.0 Å². The van der Waals surface area contributed by atoms with Gasteiger partial charge in [0, 0.05) is 37.9 Å². The summed E-state index contributed by atoms with van der Waals surface area (Å²) in [6.45, 7) is 3.21. The summed E-state index contributed by atoms with van der Waals surface area (Å²) in [6, 6.07) is 1.79. The van der Waals surface area contributed by atoms with Crippen LogP contribution in [0.4, 0.5) is 0 Å². The molecule has 7 heteroatoms. The first-order valence-corrected chi connectivity index (χ1v) is 7.54. The van der Waals surface area contributed by atoms with Gasteiger partial charge < -0.3 is 10.1 Å². The molecule has 1 aliphatic heterocycles. The second kappa shape index (κ2) is 6.31. The van der Waals surface area contributed by atoms with Crippen molar-refractivity contribution in [3.63, 3.8) is 0 Å². The van der Waals surface area contributed by atoms with Crippen molar-refractivity contribution < 1.29 is 9.53 Å². The zero-order chi connectivity index (χ0) is 15.5. The van der Waals surface area contributed by atoms with Gasteiger partial charge in [-0.2, -0.15) is 10.2 Å². The van der Waals surface area contributed by atoms with Gasteiger partial charge in [0.15, 0.2) is 0 Å². The van der Waals surface area contributed by atoms with Gasteiger partial charge in [0.25, 0.3) is 5.91 Å². The second-order valence-electron chi connectivity index (χ2n) is 5.73. The predicted octanol–water partition coefficient (Wildman–Crippen LogP) is 1.35. The number of nitrogens with zero attached hydrogens (tertiary/aromatic N) is 3. The molecule has 1 aliphatic rings. The molecule has 3 rings (SSSR count). The molecule has 3 heterocycles. The zero-order valence-electron chi connectivity index (χ0n) is 12.9. The molecule has 2 aromatic heterocycles. The lowest BCUT2D eigenvalue weighted by Gasteiger charge is -2.31. The van der Waals surface area contributed by atoms with Gasteiger partial charge in [-0.25, -0.2) is 0 Å². The third-order valence-corrected chi connectivity index (χ3v) is 4.05. The van der Waals surface area contributed by atoms with E-state index in [0.717, 1.165) is 30.7 Å². The quantitative estimate of drug-likeness (QED) is 0.893. The minimum Gasteiger partial charge on any atom is -0.373 e. The molecule has 2 atom stereocenters. The van der Waals surface area contributed by atoms with Gasteiger partial charge in [-0.05, 0) is 25.8 Å². The van der Waals surface area contributed by atoms with Crippen molar-refractivity contribution >= 4 is 5.91 Å². The highest BCUT2D eigenvalue weighted by atomic mass is 16.5. The van der Waals surface area contributed by atoms with Crippen LogP contribution >= 0.6 is 0 Å². The van der Waals surface area contributed by atoms with E-state index in [2.05, 4.69) is 20.6 Å². The number of carbonyl (C=O) groups is 1. The molecule has 0 unspecified atom stereocenters. The number of amides is 1. The van der Waals surface area contributed by atoms with Gasteiger partial charge in [-0.3, -0.25) is 14.6 Å². The Hall–Kier alpha value is -2.15. The third-order valence-electron chi connectivity index (χ3n) is 4.05. The standard InChI is InChI=1S/C15H21N5O2/c1-10-6-13(20(2)19-10)15(21)16-7-11-4-3-5-22-14(11)12-8-17-18-9-12/h6,8-9,11,14H,3-5,7H2,1-2H3,(H,16,21)(H,17,18)/t11-,14+/m0/s1. The van der Waals surface area contributed by atoms with E-state index < -0.39 is 0 Å². The van der Waals surface area contributed by atoms with Crippen LogP contribution in [0.3, 0.4) is 0 Å². The van der Waals surface area contributed by atoms with Crippen molar-refractivity contribution in [3.8, 4) is 0 Å². The van der Waals surface area contributed by atoms with Crippen LogP contribution < -0.4 is 5.32 Å². The van der Waals surface area contributed by atoms with E-state index >= 15 is 0 Å². The lowest BCUT2D eigenvalue weighted by molar-refractivity contribution is -0.0272. The minimum atomic E-state index is -0.0976. The van der Waals surface area contributed by atoms with Gasteiger partial charge >= 0.3 is 0 Å². The monoisotopic (exact) mass is 303 g/mol. The van der Waals surface area contributed by atoms with Gasteiger partial charge in [0.1, 0.15) is 5.69 Å². The van der Waals surface area contributed by atoms with Gasteiger partial charge in [-0.1, -0.05) is 0 Å². The van der Waals surface area contributed by atoms with Crippen molar-refractivity contribution in [1.82, 2.24) is 25.3 Å². The fraction of sp³-hybridized carbons (Fsp3) is 0.533. The lowest BCUT2D eigenvalue weighted by Crippen LogP contribution is -2.35. The van der Waals surface area contributed by atoms with Crippen molar-refractivity contribution in [2.24, 2.45) is 13.0 Å². The number of ether oxygens (including phenoxy) is 1. The van der Waals surface area contributed by atoms with E-state index in [1.54, 1.807) is 24.0 Å². The number of aromatic amines is 1. The Labute approximate surface area is 129 Å². The number of H-pyrrole nitrogens is 1. The van der Waals surface area contributed by atoms with E-state index in [1.807, 2.05) is 13.1 Å². The molecule has 0 saturated carbocycles. The average Bonchev–Trinajstić information content (AvgIpc) is 3.15. The van der Waals surface area contributed by atoms with Crippen LogP contribution in [0.15, 0.2) is 18.5 Å². The number of hydrogen-bond acceptors (Lipinski definition) is 4. The Balaban J connectivity index is 1.64. The molecular weight excluding hydrogens is 282 g/mol. The van der Waals surface area contributed by atoms with E-state index in [-0.39, 0.29) is 17.9 Å². The first kappa shape index (κ1) is 14.8. The molecule has 2 N–H and O–H groups in total. The molecular formula is C15H21N5O2. The molecule has 118 valence electrons. The minimum absolute atomic E-state index is 0.0129. The lowest BCUT2D eigenvalue weighted by atomic mass is 9.91. The fourth-order valence-corrected chi connectivity index (χ4v) is 2.97. The Morgan fingerprint density at radius 3 is 3.14 bits per heavy atom. The number of rotatable bonds is 4. The average molecular weight is 303 g/mol. The fourth-order valence-electron chi connectivity index (χ4n) is 2.97. The summed E-state index contributed by atoms with van der Waals surface area (Å²) in [4.78, 5) is 12.3. The Kier molecular flexibility index (Phi) is 4.24. The van der Waals surface area contributed by atoms with Gasteiger partial charge in [0.2, 0.25) is 0 Å². The normalized spacial score (nSPS) is 21.7. The van der Waals surface area contributed by atoms with Gasteiger partial charge in [-0.15, -0.1) is 0 Å². The second-order valence-corrected chi connectivity index (χ2v) is 5.73.